The summed E-state index contributed by atoms with van der Waals surface area (Å²) in [5.41, 5.74) is 4.44. The van der Waals surface area contributed by atoms with Crippen molar-refractivity contribution in [3.8, 4) is 28.5 Å². The first-order chi connectivity index (χ1) is 22.9. The predicted molar refractivity (Wildman–Crippen MR) is 202 cm³/mol. The third-order valence-electron chi connectivity index (χ3n) is 8.95. The second kappa shape index (κ2) is 12.7. The third-order valence-corrected chi connectivity index (χ3v) is 14.3. The third kappa shape index (κ3) is 5.82. The molecule has 0 aliphatic heterocycles. The molecule has 0 amide bonds. The van der Waals surface area contributed by atoms with Crippen LogP contribution in [0, 0.1) is 0 Å². The average Bonchev–Trinajstić information content (AvgIpc) is 3.56. The summed E-state index contributed by atoms with van der Waals surface area (Å²) in [4.78, 5) is 0. The molecule has 47 heavy (non-hydrogen) atoms. The van der Waals surface area contributed by atoms with Gasteiger partial charge in [-0.2, -0.15) is 0 Å². The largest absolute Gasteiger partial charge is 0.275 e. The van der Waals surface area contributed by atoms with E-state index in [0.717, 1.165) is 32.9 Å². The Morgan fingerprint density at radius 3 is 1.30 bits per heavy atom. The first-order valence-electron chi connectivity index (χ1n) is 16.0. The zero-order valence-corrected chi connectivity index (χ0v) is 29.4. The fourth-order valence-electron chi connectivity index (χ4n) is 6.54. The molecule has 1 heterocycles. The van der Waals surface area contributed by atoms with Gasteiger partial charge >= 0.3 is 0 Å². The first kappa shape index (κ1) is 30.8. The van der Waals surface area contributed by atoms with Gasteiger partial charge in [0, 0.05) is 21.3 Å². The quantitative estimate of drug-likeness (QED) is 0.125. The van der Waals surface area contributed by atoms with E-state index in [0.29, 0.717) is 0 Å². The zero-order valence-electron chi connectivity index (χ0n) is 26.8. The number of para-hydroxylation sites is 1. The maximum atomic E-state index is 4.81. The number of halogens is 1. The summed E-state index contributed by atoms with van der Waals surface area (Å²) >= 11 is 3.67. The summed E-state index contributed by atoms with van der Waals surface area (Å²) < 4.78 is 3.25. The SMILES string of the molecule is CC(C)(C)c1ccc(-c2nnc(-c3ccc([Si](c4ccccc4)(c4ccccc4)c4ccc(Br)cc4)cc3)n2-c2ccccc2)cc1. The van der Waals surface area contributed by atoms with Gasteiger partial charge in [-0.1, -0.05) is 176 Å². The molecule has 0 radical (unpaired) electrons. The van der Waals surface area contributed by atoms with Crippen LogP contribution in [-0.2, 0) is 5.41 Å². The minimum Gasteiger partial charge on any atom is -0.275 e. The normalized spacial score (nSPS) is 11.8. The number of hydrogen-bond donors (Lipinski definition) is 0. The van der Waals surface area contributed by atoms with E-state index in [1.165, 1.54) is 26.3 Å². The van der Waals surface area contributed by atoms with E-state index in [2.05, 4.69) is 199 Å². The summed E-state index contributed by atoms with van der Waals surface area (Å²) in [6.45, 7) is 6.71. The van der Waals surface area contributed by atoms with Gasteiger partial charge in [-0.25, -0.2) is 0 Å². The van der Waals surface area contributed by atoms with E-state index < -0.39 is 8.07 Å². The van der Waals surface area contributed by atoms with Crippen molar-refractivity contribution in [2.45, 2.75) is 26.2 Å². The van der Waals surface area contributed by atoms with Crippen LogP contribution in [0.5, 0.6) is 0 Å². The topological polar surface area (TPSA) is 30.7 Å². The van der Waals surface area contributed by atoms with Gasteiger partial charge in [0.25, 0.3) is 0 Å². The molecule has 5 heteroatoms. The fourth-order valence-corrected chi connectivity index (χ4v) is 11.5. The molecule has 0 atom stereocenters. The van der Waals surface area contributed by atoms with E-state index in [9.17, 15) is 0 Å². The number of aromatic nitrogens is 3. The average molecular weight is 691 g/mol. The van der Waals surface area contributed by atoms with Gasteiger partial charge in [0.1, 0.15) is 0 Å². The minimum absolute atomic E-state index is 0.0762. The highest BCUT2D eigenvalue weighted by Gasteiger charge is 2.41. The monoisotopic (exact) mass is 689 g/mol. The Morgan fingerprint density at radius 1 is 0.468 bits per heavy atom. The van der Waals surface area contributed by atoms with Gasteiger partial charge in [-0.05, 0) is 56.0 Å². The Bertz CT molecular complexity index is 2040. The maximum Gasteiger partial charge on any atom is 0.179 e. The molecule has 1 aromatic heterocycles. The Morgan fingerprint density at radius 2 is 0.851 bits per heavy atom. The molecule has 0 aliphatic carbocycles. The lowest BCUT2D eigenvalue weighted by atomic mass is 9.86. The maximum absolute atomic E-state index is 4.81. The van der Waals surface area contributed by atoms with Crippen LogP contribution in [0.25, 0.3) is 28.5 Å². The summed E-state index contributed by atoms with van der Waals surface area (Å²) in [6.07, 6.45) is 0. The molecule has 0 bridgehead atoms. The molecule has 0 unspecified atom stereocenters. The molecule has 230 valence electrons. The van der Waals surface area contributed by atoms with Crippen molar-refractivity contribution in [2.75, 3.05) is 0 Å². The Labute approximate surface area is 286 Å². The highest BCUT2D eigenvalue weighted by Crippen LogP contribution is 2.30. The van der Waals surface area contributed by atoms with Crippen molar-refractivity contribution in [3.63, 3.8) is 0 Å². The van der Waals surface area contributed by atoms with Gasteiger partial charge in [0.2, 0.25) is 0 Å². The fraction of sp³-hybridized carbons (Fsp3) is 0.0952. The lowest BCUT2D eigenvalue weighted by Crippen LogP contribution is -2.74. The van der Waals surface area contributed by atoms with Crippen LogP contribution in [0.4, 0.5) is 0 Å². The number of benzene rings is 6. The molecule has 7 aromatic rings. The van der Waals surface area contributed by atoms with Gasteiger partial charge in [-0.3, -0.25) is 4.57 Å². The smallest absolute Gasteiger partial charge is 0.179 e. The standard InChI is InChI=1S/C42H36BrN3Si/c1-42(2,3)33-23-19-31(20-24-33)40-44-45-41(46(40)35-13-7-4-8-14-35)32-21-27-38(28-22-32)47(36-15-9-5-10-16-36,37-17-11-6-12-18-37)39-29-25-34(43)26-30-39/h4-30H,1-3H3. The molecular weight excluding hydrogens is 654 g/mol. The van der Waals surface area contributed by atoms with Crippen LogP contribution in [0.3, 0.4) is 0 Å². The lowest BCUT2D eigenvalue weighted by molar-refractivity contribution is 0.590. The number of nitrogens with zero attached hydrogens (tertiary/aromatic N) is 3. The van der Waals surface area contributed by atoms with Gasteiger partial charge in [0.05, 0.1) is 0 Å². The van der Waals surface area contributed by atoms with Crippen molar-refractivity contribution in [2.24, 2.45) is 0 Å². The van der Waals surface area contributed by atoms with Crippen LogP contribution in [0.15, 0.2) is 168 Å². The number of rotatable bonds is 7. The summed E-state index contributed by atoms with van der Waals surface area (Å²) in [7, 11) is -2.66. The van der Waals surface area contributed by atoms with Crippen LogP contribution in [0.2, 0.25) is 0 Å². The summed E-state index contributed by atoms with van der Waals surface area (Å²) in [6, 6.07) is 59.1. The Hall–Kier alpha value is -4.84. The van der Waals surface area contributed by atoms with Crippen LogP contribution >= 0.6 is 15.9 Å². The molecule has 0 spiro atoms. The summed E-state index contributed by atoms with van der Waals surface area (Å²) in [5.74, 6) is 1.64. The second-order valence-corrected chi connectivity index (χ2v) is 17.6. The van der Waals surface area contributed by atoms with Gasteiger partial charge in [-0.15, -0.1) is 10.2 Å². The minimum atomic E-state index is -2.66. The van der Waals surface area contributed by atoms with Crippen molar-refractivity contribution in [3.05, 3.63) is 174 Å². The van der Waals surface area contributed by atoms with Gasteiger partial charge in [0.15, 0.2) is 19.7 Å². The first-order valence-corrected chi connectivity index (χ1v) is 18.7. The highest BCUT2D eigenvalue weighted by atomic mass is 79.9. The highest BCUT2D eigenvalue weighted by molar-refractivity contribution is 9.10. The number of hydrogen-bond acceptors (Lipinski definition) is 2. The molecule has 7 rings (SSSR count). The molecule has 0 saturated heterocycles. The van der Waals surface area contributed by atoms with Crippen LogP contribution < -0.4 is 20.7 Å². The molecule has 0 saturated carbocycles. The summed E-state index contributed by atoms with van der Waals surface area (Å²) in [5, 5.41) is 14.9. The zero-order chi connectivity index (χ0) is 32.4. The molecule has 0 fully saturated rings. The van der Waals surface area contributed by atoms with Crippen LogP contribution in [0.1, 0.15) is 26.3 Å². The van der Waals surface area contributed by atoms with E-state index in [4.69, 9.17) is 10.2 Å². The molecular formula is C42H36BrN3Si. The molecule has 6 aromatic carbocycles. The molecule has 3 nitrogen and oxygen atoms in total. The van der Waals surface area contributed by atoms with Crippen LogP contribution in [-0.4, -0.2) is 22.8 Å². The lowest BCUT2D eigenvalue weighted by Gasteiger charge is -2.34. The van der Waals surface area contributed by atoms with Crippen molar-refractivity contribution in [1.82, 2.24) is 14.8 Å². The van der Waals surface area contributed by atoms with E-state index in [1.807, 2.05) is 6.07 Å². The van der Waals surface area contributed by atoms with Crippen molar-refractivity contribution >= 4 is 44.8 Å². The Kier molecular flexibility index (Phi) is 8.35. The van der Waals surface area contributed by atoms with E-state index in [1.54, 1.807) is 0 Å². The molecule has 0 aliphatic rings. The van der Waals surface area contributed by atoms with E-state index >= 15 is 0 Å². The van der Waals surface area contributed by atoms with Gasteiger partial charge < -0.3 is 0 Å². The van der Waals surface area contributed by atoms with E-state index in [-0.39, 0.29) is 5.41 Å². The van der Waals surface area contributed by atoms with Crippen molar-refractivity contribution < 1.29 is 0 Å². The second-order valence-electron chi connectivity index (χ2n) is 12.9. The van der Waals surface area contributed by atoms with Crippen molar-refractivity contribution in [1.29, 1.82) is 0 Å². The predicted octanol–water partition coefficient (Wildman–Crippen LogP) is 8.04. The Balaban J connectivity index is 1.40. The molecule has 0 N–H and O–H groups in total.